The molecule has 9 heteroatoms. The number of hydrogen-bond donors (Lipinski definition) is 0. The van der Waals surface area contributed by atoms with E-state index in [9.17, 15) is 19.3 Å². The van der Waals surface area contributed by atoms with Crippen molar-refractivity contribution in [3.63, 3.8) is 0 Å². The molecule has 6 rings (SSSR count). The van der Waals surface area contributed by atoms with Crippen LogP contribution in [0.3, 0.4) is 0 Å². The molecule has 3 aromatic carbocycles. The number of fused-ring (bicyclic) bond motifs is 1. The number of nitro groups is 1. The lowest BCUT2D eigenvalue weighted by molar-refractivity contribution is -0.384. The van der Waals surface area contributed by atoms with Crippen LogP contribution in [0.25, 0.3) is 28.0 Å². The topological polar surface area (TPSA) is 84.0 Å². The molecule has 41 heavy (non-hydrogen) atoms. The lowest BCUT2D eigenvalue weighted by Gasteiger charge is -2.34. The fourth-order valence-electron chi connectivity index (χ4n) is 5.25. The van der Waals surface area contributed by atoms with E-state index in [-0.39, 0.29) is 22.3 Å². The molecule has 1 amide bonds. The third-order valence-electron chi connectivity index (χ3n) is 7.56. The van der Waals surface area contributed by atoms with Gasteiger partial charge in [0.25, 0.3) is 11.6 Å². The largest absolute Gasteiger partial charge is 0.336 e. The Balaban J connectivity index is 1.31. The maximum atomic E-state index is 13.3. The van der Waals surface area contributed by atoms with E-state index in [2.05, 4.69) is 33.6 Å². The van der Waals surface area contributed by atoms with Crippen molar-refractivity contribution < 1.29 is 14.1 Å². The van der Waals surface area contributed by atoms with E-state index in [1.807, 2.05) is 31.3 Å². The number of aryl methyl sites for hydroxylation is 1. The number of carbonyl (C=O) groups is 1. The monoisotopic (exact) mass is 549 g/mol. The number of hydrogen-bond acceptors (Lipinski definition) is 5. The number of aromatic nitrogens is 2. The predicted octanol–water partition coefficient (Wildman–Crippen LogP) is 5.98. The first kappa shape index (κ1) is 26.3. The van der Waals surface area contributed by atoms with E-state index in [1.54, 1.807) is 17.0 Å². The van der Waals surface area contributed by atoms with Crippen LogP contribution in [-0.4, -0.2) is 56.2 Å². The van der Waals surface area contributed by atoms with Gasteiger partial charge in [-0.3, -0.25) is 19.8 Å². The molecule has 0 unspecified atom stereocenters. The summed E-state index contributed by atoms with van der Waals surface area (Å²) in [6.07, 6.45) is 1.99. The van der Waals surface area contributed by atoms with Crippen molar-refractivity contribution >= 4 is 17.2 Å². The average molecular weight is 550 g/mol. The lowest BCUT2D eigenvalue weighted by atomic mass is 10.1. The van der Waals surface area contributed by atoms with Crippen LogP contribution in [0, 0.1) is 22.9 Å². The van der Waals surface area contributed by atoms with Crippen LogP contribution < -0.4 is 0 Å². The van der Waals surface area contributed by atoms with Crippen molar-refractivity contribution in [1.29, 1.82) is 0 Å². The number of rotatable bonds is 6. The zero-order valence-corrected chi connectivity index (χ0v) is 22.5. The minimum absolute atomic E-state index is 0.0434. The summed E-state index contributed by atoms with van der Waals surface area (Å²) in [4.78, 5) is 33.0. The van der Waals surface area contributed by atoms with Gasteiger partial charge in [0.15, 0.2) is 0 Å². The van der Waals surface area contributed by atoms with Crippen LogP contribution in [-0.2, 0) is 6.54 Å². The predicted molar refractivity (Wildman–Crippen MR) is 155 cm³/mol. The third kappa shape index (κ3) is 5.44. The van der Waals surface area contributed by atoms with Gasteiger partial charge in [-0.2, -0.15) is 0 Å². The fourth-order valence-corrected chi connectivity index (χ4v) is 5.25. The Morgan fingerprint density at radius 2 is 1.61 bits per heavy atom. The molecule has 1 fully saturated rings. The van der Waals surface area contributed by atoms with Gasteiger partial charge in [0.05, 0.1) is 16.3 Å². The molecule has 1 saturated heterocycles. The van der Waals surface area contributed by atoms with Gasteiger partial charge in [-0.1, -0.05) is 42.0 Å². The number of non-ortho nitro benzene ring substituents is 1. The zero-order chi connectivity index (χ0) is 28.5. The van der Waals surface area contributed by atoms with Gasteiger partial charge < -0.3 is 9.30 Å². The second kappa shape index (κ2) is 10.9. The minimum atomic E-state index is -0.388. The number of nitro benzene ring substituents is 1. The van der Waals surface area contributed by atoms with Crippen LogP contribution in [0.15, 0.2) is 91.1 Å². The van der Waals surface area contributed by atoms with Crippen molar-refractivity contribution in [1.82, 2.24) is 19.2 Å². The summed E-state index contributed by atoms with van der Waals surface area (Å²) in [5.74, 6) is -0.459. The molecule has 1 aliphatic heterocycles. The number of carbonyl (C=O) groups excluding carboxylic acids is 1. The Labute approximate surface area is 236 Å². The fraction of sp³-hybridized carbons (Fsp3) is 0.188. The Hall–Kier alpha value is -4.89. The van der Waals surface area contributed by atoms with Crippen molar-refractivity contribution in [2.75, 3.05) is 26.2 Å². The highest BCUT2D eigenvalue weighted by Gasteiger charge is 2.25. The molecule has 0 N–H and O–H groups in total. The summed E-state index contributed by atoms with van der Waals surface area (Å²) < 4.78 is 15.4. The summed E-state index contributed by atoms with van der Waals surface area (Å²) >= 11 is 0. The molecule has 0 bridgehead atoms. The summed E-state index contributed by atoms with van der Waals surface area (Å²) in [6.45, 7) is 5.14. The first-order valence-electron chi connectivity index (χ1n) is 13.5. The standard InChI is InChI=1S/C32H28FN5O3/c1-22-5-7-23(8-6-22)31-29(21-35-15-17-36(18-16-35)32(39)24-9-12-27(33)13-10-24)37-20-26(11-14-30(37)34-31)25-3-2-4-28(19-25)38(40)41/h2-14,19-20H,15-18,21H2,1H3. The van der Waals surface area contributed by atoms with E-state index in [0.29, 0.717) is 38.3 Å². The van der Waals surface area contributed by atoms with Gasteiger partial charge in [-0.05, 0) is 54.4 Å². The van der Waals surface area contributed by atoms with E-state index in [0.717, 1.165) is 39.3 Å². The van der Waals surface area contributed by atoms with Crippen LogP contribution >= 0.6 is 0 Å². The van der Waals surface area contributed by atoms with Crippen molar-refractivity contribution in [3.8, 4) is 22.4 Å². The molecule has 8 nitrogen and oxygen atoms in total. The Bertz CT molecular complexity index is 1740. The van der Waals surface area contributed by atoms with Gasteiger partial charge in [-0.15, -0.1) is 0 Å². The Morgan fingerprint density at radius 3 is 2.32 bits per heavy atom. The minimum Gasteiger partial charge on any atom is -0.336 e. The van der Waals surface area contributed by atoms with Gasteiger partial charge in [-0.25, -0.2) is 9.37 Å². The van der Waals surface area contributed by atoms with Crippen molar-refractivity contribution in [2.45, 2.75) is 13.5 Å². The first-order chi connectivity index (χ1) is 19.9. The molecule has 0 saturated carbocycles. The Morgan fingerprint density at radius 1 is 0.902 bits per heavy atom. The maximum Gasteiger partial charge on any atom is 0.270 e. The quantitative estimate of drug-likeness (QED) is 0.192. The molecule has 0 spiro atoms. The van der Waals surface area contributed by atoms with Crippen LogP contribution in [0.4, 0.5) is 10.1 Å². The molecule has 1 aliphatic rings. The number of piperazine rings is 1. The summed E-state index contributed by atoms with van der Waals surface area (Å²) in [7, 11) is 0. The second-order valence-corrected chi connectivity index (χ2v) is 10.3. The molecule has 5 aromatic rings. The molecule has 2 aromatic heterocycles. The highest BCUT2D eigenvalue weighted by Crippen LogP contribution is 2.30. The molecule has 0 atom stereocenters. The van der Waals surface area contributed by atoms with E-state index >= 15 is 0 Å². The first-order valence-corrected chi connectivity index (χ1v) is 13.5. The second-order valence-electron chi connectivity index (χ2n) is 10.3. The number of nitrogens with zero attached hydrogens (tertiary/aromatic N) is 5. The third-order valence-corrected chi connectivity index (χ3v) is 7.56. The molecule has 0 radical (unpaired) electrons. The number of imidazole rings is 1. The highest BCUT2D eigenvalue weighted by molar-refractivity contribution is 5.94. The molecule has 3 heterocycles. The van der Waals surface area contributed by atoms with Crippen LogP contribution in [0.5, 0.6) is 0 Å². The van der Waals surface area contributed by atoms with Gasteiger partial charge in [0.1, 0.15) is 11.5 Å². The van der Waals surface area contributed by atoms with Crippen LogP contribution in [0.2, 0.25) is 0 Å². The number of halogens is 1. The SMILES string of the molecule is Cc1ccc(-c2nc3ccc(-c4cccc([N+](=O)[O-])c4)cn3c2CN2CCN(C(=O)c3ccc(F)cc3)CC2)cc1. The van der Waals surface area contributed by atoms with Crippen molar-refractivity contribution in [3.05, 3.63) is 124 Å². The Kier molecular flexibility index (Phi) is 7.03. The van der Waals surface area contributed by atoms with Gasteiger partial charge >= 0.3 is 0 Å². The number of amides is 1. The number of benzene rings is 3. The van der Waals surface area contributed by atoms with Crippen molar-refractivity contribution in [2.24, 2.45) is 0 Å². The summed E-state index contributed by atoms with van der Waals surface area (Å²) in [6, 6.07) is 24.4. The lowest BCUT2D eigenvalue weighted by Crippen LogP contribution is -2.48. The molecular weight excluding hydrogens is 521 g/mol. The molecule has 206 valence electrons. The normalized spacial score (nSPS) is 14.0. The average Bonchev–Trinajstić information content (AvgIpc) is 3.35. The number of pyridine rings is 1. The highest BCUT2D eigenvalue weighted by atomic mass is 19.1. The zero-order valence-electron chi connectivity index (χ0n) is 22.5. The molecular formula is C32H28FN5O3. The maximum absolute atomic E-state index is 13.3. The summed E-state index contributed by atoms with van der Waals surface area (Å²) in [5, 5.41) is 11.4. The smallest absolute Gasteiger partial charge is 0.270 e. The van der Waals surface area contributed by atoms with E-state index in [1.165, 1.54) is 30.3 Å². The van der Waals surface area contributed by atoms with E-state index < -0.39 is 0 Å². The van der Waals surface area contributed by atoms with E-state index in [4.69, 9.17) is 4.98 Å². The van der Waals surface area contributed by atoms with Crippen LogP contribution in [0.1, 0.15) is 21.6 Å². The van der Waals surface area contributed by atoms with Gasteiger partial charge in [0.2, 0.25) is 0 Å². The molecule has 0 aliphatic carbocycles. The van der Waals surface area contributed by atoms with Gasteiger partial charge in [0, 0.05) is 62.2 Å². The summed E-state index contributed by atoms with van der Waals surface area (Å²) in [5.41, 5.74) is 6.98.